The second kappa shape index (κ2) is 8.30. The Bertz CT molecular complexity index is 846. The van der Waals surface area contributed by atoms with E-state index in [9.17, 15) is 14.4 Å². The van der Waals surface area contributed by atoms with Crippen molar-refractivity contribution in [2.24, 2.45) is 0 Å². The number of amides is 2. The minimum atomic E-state index is -0.919. The molecule has 3 N–H and O–H groups in total. The second-order valence-electron chi connectivity index (χ2n) is 6.45. The standard InChI is InChI=1S/C17H21N5O5/c1-17(2,8-7-14(23)24)19-16(26)18-11-5-4-6-12(9-11)22-10-13(20-21-22)15(25)27-3/h4-6,9-10H,7-8H2,1-3H3,(H,23,24)(H2,18,19,26). The van der Waals surface area contributed by atoms with Gasteiger partial charge in [-0.2, -0.15) is 0 Å². The van der Waals surface area contributed by atoms with Crippen molar-refractivity contribution >= 4 is 23.7 Å². The van der Waals surface area contributed by atoms with Crippen LogP contribution in [0.3, 0.4) is 0 Å². The summed E-state index contributed by atoms with van der Waals surface area (Å²) in [5, 5.41) is 21.8. The molecule has 0 atom stereocenters. The van der Waals surface area contributed by atoms with Crippen LogP contribution >= 0.6 is 0 Å². The molecule has 0 bridgehead atoms. The number of esters is 1. The van der Waals surface area contributed by atoms with Crippen molar-refractivity contribution in [3.8, 4) is 5.69 Å². The quantitative estimate of drug-likeness (QED) is 0.628. The summed E-state index contributed by atoms with van der Waals surface area (Å²) in [6, 6.07) is 6.32. The monoisotopic (exact) mass is 375 g/mol. The summed E-state index contributed by atoms with van der Waals surface area (Å²) < 4.78 is 5.97. The summed E-state index contributed by atoms with van der Waals surface area (Å²) in [5.74, 6) is -1.52. The molecule has 0 unspecified atom stereocenters. The SMILES string of the molecule is COC(=O)c1cn(-c2cccc(NC(=O)NC(C)(C)CCC(=O)O)c2)nn1. The number of hydrogen-bond acceptors (Lipinski definition) is 6. The predicted octanol–water partition coefficient (Wildman–Crippen LogP) is 1.82. The van der Waals surface area contributed by atoms with Gasteiger partial charge in [-0.25, -0.2) is 14.3 Å². The van der Waals surface area contributed by atoms with E-state index in [4.69, 9.17) is 5.11 Å². The van der Waals surface area contributed by atoms with Crippen LogP contribution in [0.1, 0.15) is 37.2 Å². The van der Waals surface area contributed by atoms with Crippen LogP contribution in [0.4, 0.5) is 10.5 Å². The van der Waals surface area contributed by atoms with E-state index in [1.807, 2.05) is 0 Å². The summed E-state index contributed by atoms with van der Waals surface area (Å²) >= 11 is 0. The van der Waals surface area contributed by atoms with E-state index in [-0.39, 0.29) is 12.1 Å². The molecule has 0 fully saturated rings. The van der Waals surface area contributed by atoms with Gasteiger partial charge in [0.25, 0.3) is 0 Å². The molecule has 0 aliphatic carbocycles. The number of hydrogen-bond donors (Lipinski definition) is 3. The lowest BCUT2D eigenvalue weighted by Gasteiger charge is -2.25. The largest absolute Gasteiger partial charge is 0.481 e. The van der Waals surface area contributed by atoms with E-state index in [1.165, 1.54) is 18.0 Å². The molecule has 0 aliphatic heterocycles. The topological polar surface area (TPSA) is 135 Å². The number of carboxylic acid groups (broad SMARTS) is 1. The van der Waals surface area contributed by atoms with E-state index >= 15 is 0 Å². The maximum Gasteiger partial charge on any atom is 0.360 e. The fraction of sp³-hybridized carbons (Fsp3) is 0.353. The molecule has 10 heteroatoms. The second-order valence-corrected chi connectivity index (χ2v) is 6.45. The van der Waals surface area contributed by atoms with Crippen molar-refractivity contribution in [1.82, 2.24) is 20.3 Å². The molecule has 0 saturated carbocycles. The maximum absolute atomic E-state index is 12.2. The van der Waals surface area contributed by atoms with Crippen LogP contribution in [-0.2, 0) is 9.53 Å². The first-order valence-corrected chi connectivity index (χ1v) is 8.12. The number of ether oxygens (including phenoxy) is 1. The van der Waals surface area contributed by atoms with Crippen LogP contribution in [0, 0.1) is 0 Å². The number of urea groups is 1. The summed E-state index contributed by atoms with van der Waals surface area (Å²) in [7, 11) is 1.25. The first kappa shape index (κ1) is 19.9. The van der Waals surface area contributed by atoms with Crippen molar-refractivity contribution in [3.05, 3.63) is 36.2 Å². The third kappa shape index (κ3) is 5.80. The lowest BCUT2D eigenvalue weighted by atomic mass is 9.99. The van der Waals surface area contributed by atoms with Gasteiger partial charge in [0.2, 0.25) is 0 Å². The van der Waals surface area contributed by atoms with Gasteiger partial charge < -0.3 is 20.5 Å². The Morgan fingerprint density at radius 1 is 1.30 bits per heavy atom. The van der Waals surface area contributed by atoms with Gasteiger partial charge in [-0.15, -0.1) is 5.10 Å². The molecule has 144 valence electrons. The highest BCUT2D eigenvalue weighted by atomic mass is 16.5. The summed E-state index contributed by atoms with van der Waals surface area (Å²) in [6.07, 6.45) is 1.67. The molecule has 1 aromatic heterocycles. The molecule has 1 heterocycles. The molecular weight excluding hydrogens is 354 g/mol. The van der Waals surface area contributed by atoms with Crippen LogP contribution < -0.4 is 10.6 Å². The van der Waals surface area contributed by atoms with E-state index in [2.05, 4.69) is 25.7 Å². The number of aromatic nitrogens is 3. The number of anilines is 1. The summed E-state index contributed by atoms with van der Waals surface area (Å²) in [6.45, 7) is 3.49. The number of nitrogens with zero attached hydrogens (tertiary/aromatic N) is 3. The molecule has 27 heavy (non-hydrogen) atoms. The Balaban J connectivity index is 2.05. The Hall–Kier alpha value is -3.43. The van der Waals surface area contributed by atoms with Gasteiger partial charge in [-0.05, 0) is 38.5 Å². The van der Waals surface area contributed by atoms with Crippen LogP contribution in [0.5, 0.6) is 0 Å². The first-order chi connectivity index (χ1) is 12.7. The highest BCUT2D eigenvalue weighted by Gasteiger charge is 2.21. The lowest BCUT2D eigenvalue weighted by Crippen LogP contribution is -2.45. The van der Waals surface area contributed by atoms with E-state index in [0.29, 0.717) is 17.8 Å². The minimum Gasteiger partial charge on any atom is -0.481 e. The van der Waals surface area contributed by atoms with Gasteiger partial charge in [0.05, 0.1) is 19.0 Å². The van der Waals surface area contributed by atoms with Crippen LogP contribution in [0.25, 0.3) is 5.69 Å². The van der Waals surface area contributed by atoms with Crippen LogP contribution in [0.15, 0.2) is 30.5 Å². The summed E-state index contributed by atoms with van der Waals surface area (Å²) in [4.78, 5) is 34.3. The number of benzene rings is 1. The van der Waals surface area contributed by atoms with Crippen LogP contribution in [0.2, 0.25) is 0 Å². The fourth-order valence-corrected chi connectivity index (χ4v) is 2.27. The predicted molar refractivity (Wildman–Crippen MR) is 95.8 cm³/mol. The zero-order chi connectivity index (χ0) is 20.0. The lowest BCUT2D eigenvalue weighted by molar-refractivity contribution is -0.137. The van der Waals surface area contributed by atoms with Crippen molar-refractivity contribution in [2.45, 2.75) is 32.2 Å². The molecule has 2 aromatic rings. The number of carbonyl (C=O) groups is 3. The molecule has 1 aromatic carbocycles. The van der Waals surface area contributed by atoms with Gasteiger partial charge in [-0.1, -0.05) is 11.3 Å². The molecular formula is C17H21N5O5. The highest BCUT2D eigenvalue weighted by Crippen LogP contribution is 2.16. The van der Waals surface area contributed by atoms with Crippen molar-refractivity contribution in [3.63, 3.8) is 0 Å². The van der Waals surface area contributed by atoms with Crippen LogP contribution in [-0.4, -0.2) is 50.7 Å². The maximum atomic E-state index is 12.2. The number of nitrogens with one attached hydrogen (secondary N) is 2. The summed E-state index contributed by atoms with van der Waals surface area (Å²) in [5.41, 5.74) is 0.463. The number of methoxy groups -OCH3 is 1. The minimum absolute atomic E-state index is 0.0441. The van der Waals surface area contributed by atoms with E-state index in [1.54, 1.807) is 38.1 Å². The average molecular weight is 375 g/mol. The Labute approximate surface area is 155 Å². The zero-order valence-corrected chi connectivity index (χ0v) is 15.2. The zero-order valence-electron chi connectivity index (χ0n) is 15.2. The van der Waals surface area contributed by atoms with Gasteiger partial charge >= 0.3 is 18.0 Å². The van der Waals surface area contributed by atoms with Gasteiger partial charge in [-0.3, -0.25) is 4.79 Å². The fourth-order valence-electron chi connectivity index (χ4n) is 2.27. The number of rotatable bonds is 7. The number of aliphatic carboxylic acids is 1. The Morgan fingerprint density at radius 3 is 2.70 bits per heavy atom. The molecule has 0 saturated heterocycles. The van der Waals surface area contributed by atoms with Gasteiger partial charge in [0.1, 0.15) is 0 Å². The number of carboxylic acids is 1. The van der Waals surface area contributed by atoms with Crippen molar-refractivity contribution in [2.75, 3.05) is 12.4 Å². The molecule has 0 aliphatic rings. The van der Waals surface area contributed by atoms with E-state index in [0.717, 1.165) is 0 Å². The third-order valence-electron chi connectivity index (χ3n) is 3.67. The average Bonchev–Trinajstić information content (AvgIpc) is 3.09. The molecule has 0 spiro atoms. The van der Waals surface area contributed by atoms with Crippen molar-refractivity contribution in [1.29, 1.82) is 0 Å². The highest BCUT2D eigenvalue weighted by molar-refractivity contribution is 5.90. The molecule has 2 amide bonds. The smallest absolute Gasteiger partial charge is 0.360 e. The Kier molecular flexibility index (Phi) is 6.11. The third-order valence-corrected chi connectivity index (χ3v) is 3.67. The van der Waals surface area contributed by atoms with Gasteiger partial charge in [0.15, 0.2) is 5.69 Å². The first-order valence-electron chi connectivity index (χ1n) is 8.12. The van der Waals surface area contributed by atoms with Crippen molar-refractivity contribution < 1.29 is 24.2 Å². The molecule has 10 nitrogen and oxygen atoms in total. The normalized spacial score (nSPS) is 10.9. The van der Waals surface area contributed by atoms with Gasteiger partial charge in [0, 0.05) is 17.6 Å². The molecule has 2 rings (SSSR count). The number of carbonyl (C=O) groups excluding carboxylic acids is 2. The Morgan fingerprint density at radius 2 is 2.04 bits per heavy atom. The van der Waals surface area contributed by atoms with E-state index < -0.39 is 23.5 Å². The molecule has 0 radical (unpaired) electrons.